The van der Waals surface area contributed by atoms with Crippen molar-refractivity contribution in [3.05, 3.63) is 33.5 Å². The van der Waals surface area contributed by atoms with Crippen molar-refractivity contribution >= 4 is 17.2 Å². The first-order valence-corrected chi connectivity index (χ1v) is 6.14. The average molecular weight is 250 g/mol. The van der Waals surface area contributed by atoms with Gasteiger partial charge < -0.3 is 5.32 Å². The zero-order chi connectivity index (χ0) is 12.4. The highest BCUT2D eigenvalue weighted by atomic mass is 32.1. The van der Waals surface area contributed by atoms with E-state index in [0.29, 0.717) is 10.7 Å². The van der Waals surface area contributed by atoms with Gasteiger partial charge in [-0.3, -0.25) is 9.89 Å². The number of aromatic amines is 1. The number of carbonyl (C=O) groups excluding carboxylic acids is 1. The van der Waals surface area contributed by atoms with Gasteiger partial charge in [0.1, 0.15) is 5.82 Å². The molecule has 2 aromatic rings. The Hall–Kier alpha value is -1.69. The van der Waals surface area contributed by atoms with Crippen molar-refractivity contribution in [2.24, 2.45) is 0 Å². The van der Waals surface area contributed by atoms with Crippen molar-refractivity contribution in [3.63, 3.8) is 0 Å². The second kappa shape index (κ2) is 4.67. The molecule has 0 aliphatic heterocycles. The molecule has 0 fully saturated rings. The van der Waals surface area contributed by atoms with Crippen molar-refractivity contribution < 1.29 is 4.79 Å². The molecule has 1 amide bonds. The van der Waals surface area contributed by atoms with E-state index in [4.69, 9.17) is 0 Å². The van der Waals surface area contributed by atoms with Crippen LogP contribution in [0.5, 0.6) is 0 Å². The summed E-state index contributed by atoms with van der Waals surface area (Å²) in [5.74, 6) is 1.26. The molecule has 0 bridgehead atoms. The summed E-state index contributed by atoms with van der Waals surface area (Å²) >= 11 is 1.48. The topological polar surface area (TPSA) is 70.7 Å². The standard InChI is InChI=1S/C11H14N4OS/c1-6-4-5-9(17-6)11(16)12-7(2)10-13-8(3)14-15-10/h4-5,7H,1-3H3,(H,12,16)(H,13,14,15). The lowest BCUT2D eigenvalue weighted by Gasteiger charge is -2.08. The Labute approximate surface area is 103 Å². The third-order valence-electron chi connectivity index (χ3n) is 2.31. The van der Waals surface area contributed by atoms with Crippen LogP contribution in [-0.2, 0) is 0 Å². The number of aromatic nitrogens is 3. The van der Waals surface area contributed by atoms with Crippen LogP contribution in [0, 0.1) is 13.8 Å². The predicted molar refractivity (Wildman–Crippen MR) is 66.1 cm³/mol. The largest absolute Gasteiger partial charge is 0.342 e. The van der Waals surface area contributed by atoms with Crippen LogP contribution in [0.1, 0.15) is 39.2 Å². The van der Waals surface area contributed by atoms with Gasteiger partial charge in [0.05, 0.1) is 10.9 Å². The molecule has 0 aromatic carbocycles. The van der Waals surface area contributed by atoms with Crippen LogP contribution in [0.2, 0.25) is 0 Å². The summed E-state index contributed by atoms with van der Waals surface area (Å²) < 4.78 is 0. The van der Waals surface area contributed by atoms with E-state index in [2.05, 4.69) is 20.5 Å². The molecular weight excluding hydrogens is 236 g/mol. The predicted octanol–water partition coefficient (Wildman–Crippen LogP) is 1.97. The lowest BCUT2D eigenvalue weighted by Crippen LogP contribution is -2.26. The van der Waals surface area contributed by atoms with Gasteiger partial charge >= 0.3 is 0 Å². The third kappa shape index (κ3) is 2.71. The first-order chi connectivity index (χ1) is 8.06. The first kappa shape index (κ1) is 11.8. The van der Waals surface area contributed by atoms with Crippen LogP contribution in [0.3, 0.4) is 0 Å². The first-order valence-electron chi connectivity index (χ1n) is 5.32. The summed E-state index contributed by atoms with van der Waals surface area (Å²) in [4.78, 5) is 17.9. The second-order valence-corrected chi connectivity index (χ2v) is 5.17. The minimum absolute atomic E-state index is 0.0851. The Bertz CT molecular complexity index is 531. The van der Waals surface area contributed by atoms with Crippen LogP contribution in [0.15, 0.2) is 12.1 Å². The van der Waals surface area contributed by atoms with E-state index >= 15 is 0 Å². The molecule has 0 radical (unpaired) electrons. The van der Waals surface area contributed by atoms with Crippen molar-refractivity contribution in [1.82, 2.24) is 20.5 Å². The zero-order valence-corrected chi connectivity index (χ0v) is 10.8. The van der Waals surface area contributed by atoms with Gasteiger partial charge in [0.2, 0.25) is 0 Å². The molecule has 2 rings (SSSR count). The van der Waals surface area contributed by atoms with Crippen molar-refractivity contribution in [2.75, 3.05) is 0 Å². The maximum absolute atomic E-state index is 11.9. The number of hydrogen-bond acceptors (Lipinski definition) is 4. The number of rotatable bonds is 3. The van der Waals surface area contributed by atoms with E-state index in [-0.39, 0.29) is 11.9 Å². The maximum Gasteiger partial charge on any atom is 0.261 e. The number of nitrogens with zero attached hydrogens (tertiary/aromatic N) is 2. The van der Waals surface area contributed by atoms with Gasteiger partial charge in [-0.05, 0) is 32.9 Å². The zero-order valence-electron chi connectivity index (χ0n) is 9.94. The average Bonchev–Trinajstić information content (AvgIpc) is 2.87. The highest BCUT2D eigenvalue weighted by Gasteiger charge is 2.15. The molecule has 2 heterocycles. The smallest absolute Gasteiger partial charge is 0.261 e. The number of H-pyrrole nitrogens is 1. The highest BCUT2D eigenvalue weighted by molar-refractivity contribution is 7.13. The minimum Gasteiger partial charge on any atom is -0.342 e. The Morgan fingerprint density at radius 1 is 1.47 bits per heavy atom. The molecule has 1 atom stereocenters. The molecule has 0 aliphatic rings. The van der Waals surface area contributed by atoms with Gasteiger partial charge in [-0.15, -0.1) is 11.3 Å². The summed E-state index contributed by atoms with van der Waals surface area (Å²) in [5.41, 5.74) is 0. The highest BCUT2D eigenvalue weighted by Crippen LogP contribution is 2.16. The molecular formula is C11H14N4OS. The summed E-state index contributed by atoms with van der Waals surface area (Å²) in [5, 5.41) is 9.64. The molecule has 0 aliphatic carbocycles. The van der Waals surface area contributed by atoms with Crippen LogP contribution in [0.4, 0.5) is 0 Å². The number of carbonyl (C=O) groups is 1. The Morgan fingerprint density at radius 3 is 2.76 bits per heavy atom. The second-order valence-electron chi connectivity index (χ2n) is 3.88. The molecule has 0 saturated carbocycles. The van der Waals surface area contributed by atoms with Gasteiger partial charge in [-0.2, -0.15) is 5.10 Å². The fourth-order valence-corrected chi connectivity index (χ4v) is 2.21. The van der Waals surface area contributed by atoms with Crippen molar-refractivity contribution in [3.8, 4) is 0 Å². The third-order valence-corrected chi connectivity index (χ3v) is 3.31. The molecule has 2 aromatic heterocycles. The van der Waals surface area contributed by atoms with Crippen molar-refractivity contribution in [2.45, 2.75) is 26.8 Å². The fourth-order valence-electron chi connectivity index (χ4n) is 1.44. The van der Waals surface area contributed by atoms with Crippen molar-refractivity contribution in [1.29, 1.82) is 0 Å². The molecule has 0 spiro atoms. The van der Waals surface area contributed by atoms with Crippen LogP contribution in [-0.4, -0.2) is 21.1 Å². The summed E-state index contributed by atoms with van der Waals surface area (Å²) in [6, 6.07) is 3.56. The number of amides is 1. The maximum atomic E-state index is 11.9. The van der Waals surface area contributed by atoms with Crippen LogP contribution >= 0.6 is 11.3 Å². The van der Waals surface area contributed by atoms with E-state index in [1.165, 1.54) is 11.3 Å². The monoisotopic (exact) mass is 250 g/mol. The normalized spacial score (nSPS) is 12.4. The molecule has 0 saturated heterocycles. The summed E-state index contributed by atoms with van der Waals surface area (Å²) in [6.45, 7) is 5.66. The molecule has 6 heteroatoms. The van der Waals surface area contributed by atoms with Gasteiger partial charge in [0.25, 0.3) is 5.91 Å². The molecule has 2 N–H and O–H groups in total. The molecule has 5 nitrogen and oxygen atoms in total. The van der Waals surface area contributed by atoms with E-state index in [1.54, 1.807) is 0 Å². The van der Waals surface area contributed by atoms with E-state index in [0.717, 1.165) is 10.7 Å². The fraction of sp³-hybridized carbons (Fsp3) is 0.364. The number of hydrogen-bond donors (Lipinski definition) is 2. The Balaban J connectivity index is 2.04. The molecule has 1 unspecified atom stereocenters. The number of nitrogens with one attached hydrogen (secondary N) is 2. The van der Waals surface area contributed by atoms with Crippen LogP contribution < -0.4 is 5.32 Å². The Kier molecular flexibility index (Phi) is 3.23. The van der Waals surface area contributed by atoms with Gasteiger partial charge in [0.15, 0.2) is 5.82 Å². The van der Waals surface area contributed by atoms with Gasteiger partial charge in [-0.1, -0.05) is 0 Å². The molecule has 17 heavy (non-hydrogen) atoms. The quantitative estimate of drug-likeness (QED) is 0.875. The van der Waals surface area contributed by atoms with E-state index < -0.39 is 0 Å². The number of thiophene rings is 1. The SMILES string of the molecule is Cc1nc(C(C)NC(=O)c2ccc(C)s2)n[nH]1. The number of aryl methyl sites for hydroxylation is 2. The lowest BCUT2D eigenvalue weighted by atomic mass is 10.3. The van der Waals surface area contributed by atoms with Gasteiger partial charge in [0, 0.05) is 4.88 Å². The lowest BCUT2D eigenvalue weighted by molar-refractivity contribution is 0.0942. The minimum atomic E-state index is -0.199. The van der Waals surface area contributed by atoms with Gasteiger partial charge in [-0.25, -0.2) is 4.98 Å². The van der Waals surface area contributed by atoms with E-state index in [9.17, 15) is 4.79 Å². The Morgan fingerprint density at radius 2 is 2.24 bits per heavy atom. The summed E-state index contributed by atoms with van der Waals surface area (Å²) in [6.07, 6.45) is 0. The van der Waals surface area contributed by atoms with E-state index in [1.807, 2.05) is 32.9 Å². The summed E-state index contributed by atoms with van der Waals surface area (Å²) in [7, 11) is 0. The molecule has 90 valence electrons. The van der Waals surface area contributed by atoms with Crippen LogP contribution in [0.25, 0.3) is 0 Å².